The van der Waals surface area contributed by atoms with Crippen molar-refractivity contribution in [1.82, 2.24) is 10.6 Å². The summed E-state index contributed by atoms with van der Waals surface area (Å²) in [5.74, 6) is -0.656. The van der Waals surface area contributed by atoms with E-state index in [2.05, 4.69) is 10.6 Å². The van der Waals surface area contributed by atoms with E-state index in [1.54, 1.807) is 42.5 Å². The monoisotopic (exact) mass is 413 g/mol. The molecular formula is C22H27N3O5. The van der Waals surface area contributed by atoms with Gasteiger partial charge in [-0.05, 0) is 24.3 Å². The van der Waals surface area contributed by atoms with Crippen molar-refractivity contribution in [3.05, 3.63) is 65.7 Å². The van der Waals surface area contributed by atoms with Gasteiger partial charge >= 0.3 is 0 Å². The molecule has 4 N–H and O–H groups in total. The molecule has 2 aromatic carbocycles. The summed E-state index contributed by atoms with van der Waals surface area (Å²) in [5.41, 5.74) is 0.0859. The number of nitrogens with one attached hydrogen (secondary N) is 2. The van der Waals surface area contributed by atoms with Gasteiger partial charge in [0.2, 0.25) is 0 Å². The molecular weight excluding hydrogens is 386 g/mol. The molecule has 1 saturated heterocycles. The van der Waals surface area contributed by atoms with E-state index in [0.717, 1.165) is 5.69 Å². The topological polar surface area (TPSA) is 111 Å². The van der Waals surface area contributed by atoms with Crippen molar-refractivity contribution in [2.24, 2.45) is 0 Å². The number of aliphatic hydroxyl groups is 2. The number of hydrogen-bond donors (Lipinski definition) is 4. The number of hydrogen-bond acceptors (Lipinski definition) is 6. The van der Waals surface area contributed by atoms with Crippen LogP contribution in [0.2, 0.25) is 0 Å². The fourth-order valence-electron chi connectivity index (χ4n) is 3.37. The van der Waals surface area contributed by atoms with Crippen molar-refractivity contribution in [2.45, 2.75) is 17.8 Å². The predicted molar refractivity (Wildman–Crippen MR) is 113 cm³/mol. The fraction of sp³-hybridized carbons (Fsp3) is 0.364. The molecule has 1 aliphatic rings. The number of ether oxygens (including phenoxy) is 1. The quantitative estimate of drug-likeness (QED) is 0.523. The second kappa shape index (κ2) is 9.25. The Hall–Kier alpha value is -2.94. The van der Waals surface area contributed by atoms with Crippen molar-refractivity contribution < 1.29 is 24.5 Å². The molecule has 1 aliphatic heterocycles. The average molecular weight is 413 g/mol. The van der Waals surface area contributed by atoms with E-state index >= 15 is 0 Å². The first-order valence-corrected chi connectivity index (χ1v) is 9.71. The van der Waals surface area contributed by atoms with Crippen LogP contribution in [0.5, 0.6) is 0 Å². The van der Waals surface area contributed by atoms with E-state index in [-0.39, 0.29) is 31.5 Å². The van der Waals surface area contributed by atoms with E-state index in [0.29, 0.717) is 11.1 Å². The van der Waals surface area contributed by atoms with Crippen molar-refractivity contribution in [1.29, 1.82) is 0 Å². The van der Waals surface area contributed by atoms with Crippen LogP contribution >= 0.6 is 0 Å². The average Bonchev–Trinajstić information content (AvgIpc) is 3.05. The molecule has 0 spiro atoms. The van der Waals surface area contributed by atoms with Gasteiger partial charge in [0.25, 0.3) is 11.8 Å². The Morgan fingerprint density at radius 3 is 2.43 bits per heavy atom. The molecule has 3 atom stereocenters. The molecule has 8 heteroatoms. The van der Waals surface area contributed by atoms with Crippen LogP contribution in [0.4, 0.5) is 5.69 Å². The third kappa shape index (κ3) is 4.79. The standard InChI is InChI=1S/C22H27N3O5/c1-25(2)17-11-7-6-10-16(17)21(28)23-12-18-19(26)22(29,14-30-18)13-24-20(27)15-8-4-3-5-9-15/h3-11,18-19,26,29H,12-14H2,1-2H3,(H,23,28)(H,24,27)/t18-,19-,22+/m1/s1. The Morgan fingerprint density at radius 2 is 1.73 bits per heavy atom. The van der Waals surface area contributed by atoms with E-state index in [1.165, 1.54) is 0 Å². The van der Waals surface area contributed by atoms with Gasteiger partial charge < -0.3 is 30.5 Å². The molecule has 0 bridgehead atoms. The summed E-state index contributed by atoms with van der Waals surface area (Å²) in [6.45, 7) is -0.301. The Kier molecular flexibility index (Phi) is 6.71. The minimum absolute atomic E-state index is 0.0245. The third-order valence-corrected chi connectivity index (χ3v) is 5.14. The Balaban J connectivity index is 1.55. The second-order valence-electron chi connectivity index (χ2n) is 7.57. The highest BCUT2D eigenvalue weighted by Crippen LogP contribution is 2.25. The molecule has 0 radical (unpaired) electrons. The number of amides is 2. The van der Waals surface area contributed by atoms with Gasteiger partial charge in [0.05, 0.1) is 18.7 Å². The number of carbonyl (C=O) groups excluding carboxylic acids is 2. The lowest BCUT2D eigenvalue weighted by Crippen LogP contribution is -2.53. The number of nitrogens with zero attached hydrogens (tertiary/aromatic N) is 1. The Morgan fingerprint density at radius 1 is 1.07 bits per heavy atom. The van der Waals surface area contributed by atoms with Gasteiger partial charge in [-0.1, -0.05) is 30.3 Å². The van der Waals surface area contributed by atoms with Crippen molar-refractivity contribution in [2.75, 3.05) is 38.7 Å². The zero-order valence-corrected chi connectivity index (χ0v) is 17.0. The molecule has 3 rings (SSSR count). The van der Waals surface area contributed by atoms with Gasteiger partial charge in [0.15, 0.2) is 0 Å². The SMILES string of the molecule is CN(C)c1ccccc1C(=O)NC[C@H]1OC[C@@](O)(CNC(=O)c2ccccc2)[C@@H]1O. The summed E-state index contributed by atoms with van der Waals surface area (Å²) in [4.78, 5) is 26.6. The first-order chi connectivity index (χ1) is 14.3. The predicted octanol–water partition coefficient (Wildman–Crippen LogP) is 0.403. The van der Waals surface area contributed by atoms with Gasteiger partial charge in [0.1, 0.15) is 17.8 Å². The molecule has 2 aromatic rings. The van der Waals surface area contributed by atoms with Crippen LogP contribution in [0.25, 0.3) is 0 Å². The largest absolute Gasteiger partial charge is 0.387 e. The van der Waals surface area contributed by atoms with E-state index < -0.39 is 17.8 Å². The number of rotatable bonds is 7. The lowest BCUT2D eigenvalue weighted by atomic mass is 9.96. The number of para-hydroxylation sites is 1. The zero-order chi connectivity index (χ0) is 21.7. The molecule has 0 aliphatic carbocycles. The minimum Gasteiger partial charge on any atom is -0.387 e. The van der Waals surface area contributed by atoms with Gasteiger partial charge in [0, 0.05) is 31.9 Å². The van der Waals surface area contributed by atoms with Crippen LogP contribution in [0.3, 0.4) is 0 Å². The van der Waals surface area contributed by atoms with Crippen molar-refractivity contribution in [3.63, 3.8) is 0 Å². The summed E-state index contributed by atoms with van der Waals surface area (Å²) in [7, 11) is 3.69. The van der Waals surface area contributed by atoms with Crippen LogP contribution in [-0.4, -0.2) is 73.6 Å². The first kappa shape index (κ1) is 21.8. The molecule has 1 heterocycles. The van der Waals surface area contributed by atoms with Crippen LogP contribution in [0.1, 0.15) is 20.7 Å². The van der Waals surface area contributed by atoms with Crippen molar-refractivity contribution in [3.8, 4) is 0 Å². The zero-order valence-electron chi connectivity index (χ0n) is 17.0. The van der Waals surface area contributed by atoms with Crippen LogP contribution in [0.15, 0.2) is 54.6 Å². The molecule has 2 amide bonds. The van der Waals surface area contributed by atoms with E-state index in [1.807, 2.05) is 31.1 Å². The normalized spacial score (nSPS) is 23.1. The third-order valence-electron chi connectivity index (χ3n) is 5.14. The molecule has 160 valence electrons. The van der Waals surface area contributed by atoms with Gasteiger partial charge in [-0.2, -0.15) is 0 Å². The number of carbonyl (C=O) groups is 2. The molecule has 0 unspecified atom stereocenters. The fourth-order valence-corrected chi connectivity index (χ4v) is 3.37. The highest BCUT2D eigenvalue weighted by Gasteiger charge is 2.48. The summed E-state index contributed by atoms with van der Waals surface area (Å²) < 4.78 is 5.51. The Bertz CT molecular complexity index is 889. The molecule has 30 heavy (non-hydrogen) atoms. The second-order valence-corrected chi connectivity index (χ2v) is 7.57. The summed E-state index contributed by atoms with van der Waals surface area (Å²) in [5, 5.41) is 26.6. The van der Waals surface area contributed by atoms with Gasteiger partial charge in [-0.3, -0.25) is 9.59 Å². The van der Waals surface area contributed by atoms with Gasteiger partial charge in [-0.25, -0.2) is 0 Å². The molecule has 8 nitrogen and oxygen atoms in total. The number of anilines is 1. The maximum absolute atomic E-state index is 12.6. The molecule has 1 fully saturated rings. The first-order valence-electron chi connectivity index (χ1n) is 9.71. The molecule has 0 aromatic heterocycles. The van der Waals surface area contributed by atoms with Crippen molar-refractivity contribution >= 4 is 17.5 Å². The van der Waals surface area contributed by atoms with Crippen LogP contribution < -0.4 is 15.5 Å². The summed E-state index contributed by atoms with van der Waals surface area (Å²) in [6, 6.07) is 15.8. The van der Waals surface area contributed by atoms with E-state index in [9.17, 15) is 19.8 Å². The van der Waals surface area contributed by atoms with Crippen LogP contribution in [-0.2, 0) is 4.74 Å². The van der Waals surface area contributed by atoms with Crippen LogP contribution in [0, 0.1) is 0 Å². The highest BCUT2D eigenvalue weighted by atomic mass is 16.5. The van der Waals surface area contributed by atoms with E-state index in [4.69, 9.17) is 4.74 Å². The summed E-state index contributed by atoms with van der Waals surface area (Å²) in [6.07, 6.45) is -2.06. The lowest BCUT2D eigenvalue weighted by Gasteiger charge is -2.26. The Labute approximate surface area is 175 Å². The highest BCUT2D eigenvalue weighted by molar-refractivity contribution is 5.99. The minimum atomic E-state index is -1.64. The summed E-state index contributed by atoms with van der Waals surface area (Å²) >= 11 is 0. The molecule has 0 saturated carbocycles. The number of benzene rings is 2. The maximum atomic E-state index is 12.6. The number of aliphatic hydroxyl groups excluding tert-OH is 1. The lowest BCUT2D eigenvalue weighted by molar-refractivity contribution is -0.0464. The maximum Gasteiger partial charge on any atom is 0.253 e. The smallest absolute Gasteiger partial charge is 0.253 e. The van der Waals surface area contributed by atoms with Gasteiger partial charge in [-0.15, -0.1) is 0 Å².